The van der Waals surface area contributed by atoms with E-state index in [4.69, 9.17) is 18.6 Å². The van der Waals surface area contributed by atoms with Crippen LogP contribution in [0.4, 0.5) is 0 Å². The molecule has 0 bridgehead atoms. The zero-order chi connectivity index (χ0) is 11.9. The van der Waals surface area contributed by atoms with Gasteiger partial charge in [-0.2, -0.15) is 0 Å². The summed E-state index contributed by atoms with van der Waals surface area (Å²) < 4.78 is 21.1. The van der Waals surface area contributed by atoms with Gasteiger partial charge in [0.05, 0.1) is 39.6 Å². The van der Waals surface area contributed by atoms with Gasteiger partial charge in [-0.3, -0.25) is 0 Å². The molecule has 0 aliphatic carbocycles. The molecule has 0 amide bonds. The van der Waals surface area contributed by atoms with E-state index in [0.29, 0.717) is 49.4 Å². The summed E-state index contributed by atoms with van der Waals surface area (Å²) in [5.74, 6) is 0. The second-order valence-corrected chi connectivity index (χ2v) is 4.24. The lowest BCUT2D eigenvalue weighted by atomic mass is 10.6. The van der Waals surface area contributed by atoms with E-state index in [0.717, 1.165) is 12.7 Å². The van der Waals surface area contributed by atoms with Gasteiger partial charge in [-0.15, -0.1) is 0 Å². The quantitative estimate of drug-likeness (QED) is 0.366. The minimum Gasteiger partial charge on any atom is -0.415 e. The Hall–Kier alpha value is 0.0569. The average Bonchev–Trinajstić information content (AvgIpc) is 2.31. The van der Waals surface area contributed by atoms with Crippen molar-refractivity contribution in [2.45, 2.75) is 26.3 Å². The normalized spacial score (nSPS) is 10.9. The van der Waals surface area contributed by atoms with Gasteiger partial charge < -0.3 is 18.6 Å². The first-order valence-corrected chi connectivity index (χ1v) is 7.11. The summed E-state index contributed by atoms with van der Waals surface area (Å²) in [4.78, 5) is 0. The molecule has 0 heterocycles. The molecule has 0 aliphatic rings. The van der Waals surface area contributed by atoms with Gasteiger partial charge in [0.2, 0.25) is 9.76 Å². The minimum absolute atomic E-state index is 0.616. The van der Waals surface area contributed by atoms with E-state index >= 15 is 0 Å². The highest BCUT2D eigenvalue weighted by atomic mass is 28.2. The molecule has 0 aromatic carbocycles. The molecule has 0 saturated heterocycles. The molecule has 0 aromatic heterocycles. The van der Waals surface area contributed by atoms with Crippen molar-refractivity contribution < 1.29 is 18.6 Å². The van der Waals surface area contributed by atoms with Crippen LogP contribution in [0.25, 0.3) is 0 Å². The van der Waals surface area contributed by atoms with Crippen molar-refractivity contribution in [2.24, 2.45) is 0 Å². The van der Waals surface area contributed by atoms with Gasteiger partial charge in [0.25, 0.3) is 0 Å². The molecule has 96 valence electrons. The van der Waals surface area contributed by atoms with Crippen LogP contribution in [-0.4, -0.2) is 56.0 Å². The van der Waals surface area contributed by atoms with Crippen LogP contribution in [0.15, 0.2) is 0 Å². The summed E-state index contributed by atoms with van der Waals surface area (Å²) in [5, 5.41) is 0. The molecule has 4 nitrogen and oxygen atoms in total. The molecule has 0 N–H and O–H groups in total. The van der Waals surface area contributed by atoms with Crippen LogP contribution >= 0.6 is 0 Å². The van der Waals surface area contributed by atoms with E-state index in [-0.39, 0.29) is 0 Å². The van der Waals surface area contributed by atoms with E-state index in [1.165, 1.54) is 6.42 Å². The van der Waals surface area contributed by atoms with Crippen LogP contribution in [0.5, 0.6) is 0 Å². The molecule has 2 radical (unpaired) electrons. The Balaban J connectivity index is 2.83. The largest absolute Gasteiger partial charge is 0.415 e. The summed E-state index contributed by atoms with van der Waals surface area (Å²) in [6, 6.07) is 1.15. The molecule has 0 spiro atoms. The van der Waals surface area contributed by atoms with Crippen LogP contribution < -0.4 is 0 Å². The Morgan fingerprint density at radius 2 is 1.31 bits per heavy atom. The van der Waals surface area contributed by atoms with E-state index < -0.39 is 0 Å². The summed E-state index contributed by atoms with van der Waals surface area (Å²) in [6.07, 6.45) is 1.19. The highest BCUT2D eigenvalue weighted by Crippen LogP contribution is 1.87. The zero-order valence-electron chi connectivity index (χ0n) is 10.5. The van der Waals surface area contributed by atoms with Gasteiger partial charge in [-0.25, -0.2) is 0 Å². The maximum atomic E-state index is 5.38. The molecular formula is C11H24O4Si. The molecule has 5 heteroatoms. The molecular weight excluding hydrogens is 224 g/mol. The standard InChI is InChI=1S/C11H24O4Si/c1-3-11-16-15-10-9-14-8-7-13-6-5-12-4-2/h3-11H2,1-2H3. The van der Waals surface area contributed by atoms with Crippen LogP contribution in [0.2, 0.25) is 6.04 Å². The molecule has 0 saturated carbocycles. The zero-order valence-corrected chi connectivity index (χ0v) is 11.5. The number of ether oxygens (including phenoxy) is 3. The third kappa shape index (κ3) is 14.1. The maximum absolute atomic E-state index is 5.38. The molecule has 0 rings (SSSR count). The highest BCUT2D eigenvalue weighted by Gasteiger charge is 1.92. The molecule has 0 aromatic rings. The fourth-order valence-electron chi connectivity index (χ4n) is 0.931. The number of hydrogen-bond donors (Lipinski definition) is 0. The van der Waals surface area contributed by atoms with E-state index in [9.17, 15) is 0 Å². The lowest BCUT2D eigenvalue weighted by Gasteiger charge is -2.06. The highest BCUT2D eigenvalue weighted by molar-refractivity contribution is 6.26. The van der Waals surface area contributed by atoms with Crippen molar-refractivity contribution in [3.63, 3.8) is 0 Å². The Bertz CT molecular complexity index is 111. The second-order valence-electron chi connectivity index (χ2n) is 3.16. The van der Waals surface area contributed by atoms with Crippen molar-refractivity contribution in [2.75, 3.05) is 46.2 Å². The van der Waals surface area contributed by atoms with Crippen LogP contribution in [0.1, 0.15) is 20.3 Å². The molecule has 16 heavy (non-hydrogen) atoms. The number of hydrogen-bond acceptors (Lipinski definition) is 4. The van der Waals surface area contributed by atoms with Crippen molar-refractivity contribution in [3.05, 3.63) is 0 Å². The first kappa shape index (κ1) is 16.1. The van der Waals surface area contributed by atoms with E-state index in [1.807, 2.05) is 6.92 Å². The summed E-state index contributed by atoms with van der Waals surface area (Å²) in [7, 11) is 0.616. The van der Waals surface area contributed by atoms with E-state index in [2.05, 4.69) is 6.92 Å². The first-order chi connectivity index (χ1) is 7.91. The first-order valence-electron chi connectivity index (χ1n) is 5.99. The van der Waals surface area contributed by atoms with Gasteiger partial charge in [-0.05, 0) is 13.0 Å². The van der Waals surface area contributed by atoms with Crippen molar-refractivity contribution in [1.82, 2.24) is 0 Å². The van der Waals surface area contributed by atoms with Crippen LogP contribution in [0, 0.1) is 0 Å². The number of rotatable bonds is 13. The Morgan fingerprint density at radius 1 is 0.750 bits per heavy atom. The smallest absolute Gasteiger partial charge is 0.229 e. The van der Waals surface area contributed by atoms with Gasteiger partial charge >= 0.3 is 0 Å². The Morgan fingerprint density at radius 3 is 1.88 bits per heavy atom. The van der Waals surface area contributed by atoms with Gasteiger partial charge in [-0.1, -0.05) is 13.3 Å². The van der Waals surface area contributed by atoms with Gasteiger partial charge in [0.15, 0.2) is 0 Å². The molecule has 0 aliphatic heterocycles. The summed E-state index contributed by atoms with van der Waals surface area (Å²) >= 11 is 0. The maximum Gasteiger partial charge on any atom is 0.229 e. The minimum atomic E-state index is 0.616. The fourth-order valence-corrected chi connectivity index (χ4v) is 1.51. The molecule has 0 atom stereocenters. The SMILES string of the molecule is CCC[Si]OCCOCCOCCOCC. The van der Waals surface area contributed by atoms with Crippen molar-refractivity contribution in [3.8, 4) is 0 Å². The van der Waals surface area contributed by atoms with Crippen molar-refractivity contribution in [1.29, 1.82) is 0 Å². The molecule has 0 unspecified atom stereocenters. The third-order valence-corrected chi connectivity index (χ3v) is 2.84. The van der Waals surface area contributed by atoms with E-state index in [1.54, 1.807) is 0 Å². The lowest BCUT2D eigenvalue weighted by Crippen LogP contribution is -2.12. The van der Waals surface area contributed by atoms with Crippen LogP contribution in [-0.2, 0) is 18.6 Å². The van der Waals surface area contributed by atoms with Gasteiger partial charge in [0.1, 0.15) is 0 Å². The summed E-state index contributed by atoms with van der Waals surface area (Å²) in [5.41, 5.74) is 0. The van der Waals surface area contributed by atoms with Crippen LogP contribution in [0.3, 0.4) is 0 Å². The predicted octanol–water partition coefficient (Wildman–Crippen LogP) is 1.52. The Kier molecular flexibility index (Phi) is 15.1. The van der Waals surface area contributed by atoms with Crippen molar-refractivity contribution >= 4 is 9.76 Å². The predicted molar refractivity (Wildman–Crippen MR) is 64.9 cm³/mol. The monoisotopic (exact) mass is 248 g/mol. The summed E-state index contributed by atoms with van der Waals surface area (Å²) in [6.45, 7) is 8.80. The Labute approximate surface area is 102 Å². The molecule has 0 fully saturated rings. The third-order valence-electron chi connectivity index (χ3n) is 1.73. The fraction of sp³-hybridized carbons (Fsp3) is 1.00. The lowest BCUT2D eigenvalue weighted by molar-refractivity contribution is 0.0115. The van der Waals surface area contributed by atoms with Gasteiger partial charge in [0, 0.05) is 6.61 Å². The average molecular weight is 248 g/mol. The second kappa shape index (κ2) is 15.1. The topological polar surface area (TPSA) is 36.9 Å².